The van der Waals surface area contributed by atoms with Gasteiger partial charge in [-0.05, 0) is 27.6 Å². The Morgan fingerprint density at radius 2 is 2.23 bits per heavy atom. The van der Waals surface area contributed by atoms with Gasteiger partial charge in [-0.3, -0.25) is 4.98 Å². The minimum absolute atomic E-state index is 0.134. The van der Waals surface area contributed by atoms with E-state index >= 15 is 0 Å². The predicted molar refractivity (Wildman–Crippen MR) is 53.1 cm³/mol. The van der Waals surface area contributed by atoms with Gasteiger partial charge in [-0.2, -0.15) is 0 Å². The van der Waals surface area contributed by atoms with Crippen LogP contribution in [0.2, 0.25) is 0 Å². The molecule has 13 heavy (non-hydrogen) atoms. The van der Waals surface area contributed by atoms with Crippen LogP contribution in [0.25, 0.3) is 0 Å². The summed E-state index contributed by atoms with van der Waals surface area (Å²) < 4.78 is 23.4. The summed E-state index contributed by atoms with van der Waals surface area (Å²) in [6, 6.07) is 1.83. The zero-order chi connectivity index (χ0) is 9.47. The van der Waals surface area contributed by atoms with Gasteiger partial charge in [-0.25, -0.2) is 8.42 Å². The van der Waals surface area contributed by atoms with E-state index in [1.54, 1.807) is 6.20 Å². The van der Waals surface area contributed by atoms with Crippen molar-refractivity contribution in [2.75, 3.05) is 5.75 Å². The van der Waals surface area contributed by atoms with Crippen molar-refractivity contribution >= 4 is 25.8 Å². The van der Waals surface area contributed by atoms with Gasteiger partial charge in [-0.1, -0.05) is 0 Å². The number of halogens is 1. The molecule has 3 nitrogen and oxygen atoms in total. The van der Waals surface area contributed by atoms with Crippen LogP contribution in [-0.2, 0) is 22.0 Å². The summed E-state index contributed by atoms with van der Waals surface area (Å²) in [6.07, 6.45) is 2.25. The normalized spacial score (nSPS) is 19.5. The van der Waals surface area contributed by atoms with Crippen LogP contribution in [0.4, 0.5) is 0 Å². The maximum Gasteiger partial charge on any atom is 0.154 e. The van der Waals surface area contributed by atoms with Gasteiger partial charge in [0.2, 0.25) is 0 Å². The van der Waals surface area contributed by atoms with Crippen LogP contribution < -0.4 is 0 Å². The number of fused-ring (bicyclic) bond motifs is 1. The number of pyridine rings is 1. The van der Waals surface area contributed by atoms with Crippen molar-refractivity contribution in [1.82, 2.24) is 4.98 Å². The molecule has 0 aromatic carbocycles. The van der Waals surface area contributed by atoms with Gasteiger partial charge in [0.15, 0.2) is 9.84 Å². The molecule has 1 aromatic rings. The van der Waals surface area contributed by atoms with E-state index in [9.17, 15) is 8.42 Å². The molecule has 0 saturated carbocycles. The summed E-state index contributed by atoms with van der Waals surface area (Å²) in [5.41, 5.74) is 1.75. The molecule has 70 valence electrons. The van der Waals surface area contributed by atoms with E-state index in [0.717, 1.165) is 15.7 Å². The number of sulfone groups is 1. The predicted octanol–water partition coefficient (Wildman–Crippen LogP) is 1.32. The van der Waals surface area contributed by atoms with E-state index in [1.807, 2.05) is 6.07 Å². The third-order valence-electron chi connectivity index (χ3n) is 2.05. The molecule has 0 atom stereocenters. The second-order valence-corrected chi connectivity index (χ2v) is 6.20. The smallest absolute Gasteiger partial charge is 0.154 e. The van der Waals surface area contributed by atoms with Crippen LogP contribution in [0, 0.1) is 0 Å². The van der Waals surface area contributed by atoms with Crippen LogP contribution >= 0.6 is 15.9 Å². The molecule has 0 aliphatic carbocycles. The van der Waals surface area contributed by atoms with Crippen molar-refractivity contribution in [2.24, 2.45) is 0 Å². The minimum atomic E-state index is -2.87. The Labute approximate surface area is 85.2 Å². The topological polar surface area (TPSA) is 47.0 Å². The lowest BCUT2D eigenvalue weighted by Crippen LogP contribution is -2.19. The lowest BCUT2D eigenvalue weighted by Gasteiger charge is -2.14. The van der Waals surface area contributed by atoms with E-state index < -0.39 is 9.84 Å². The molecule has 0 N–H and O–H groups in total. The fraction of sp³-hybridized carbons (Fsp3) is 0.375. The van der Waals surface area contributed by atoms with Crippen LogP contribution in [0.5, 0.6) is 0 Å². The molecule has 0 fully saturated rings. The second kappa shape index (κ2) is 3.06. The molecule has 0 spiro atoms. The van der Waals surface area contributed by atoms with E-state index in [4.69, 9.17) is 0 Å². The zero-order valence-electron chi connectivity index (χ0n) is 6.83. The summed E-state index contributed by atoms with van der Waals surface area (Å²) in [4.78, 5) is 4.17. The molecule has 5 heteroatoms. The Bertz CT molecular complexity index is 441. The highest BCUT2D eigenvalue weighted by Gasteiger charge is 2.21. The van der Waals surface area contributed by atoms with Gasteiger partial charge in [0.05, 0.1) is 11.5 Å². The maximum absolute atomic E-state index is 11.3. The highest BCUT2D eigenvalue weighted by molar-refractivity contribution is 9.10. The molecular weight excluding hydrogens is 254 g/mol. The Hall–Kier alpha value is -0.420. The number of hydrogen-bond acceptors (Lipinski definition) is 3. The van der Waals surface area contributed by atoms with Crippen LogP contribution in [0.1, 0.15) is 11.3 Å². The lowest BCUT2D eigenvalue weighted by atomic mass is 10.2. The minimum Gasteiger partial charge on any atom is -0.260 e. The summed E-state index contributed by atoms with van der Waals surface area (Å²) in [7, 11) is -2.87. The molecule has 2 heterocycles. The van der Waals surface area contributed by atoms with Crippen molar-refractivity contribution in [2.45, 2.75) is 12.2 Å². The molecular formula is C8H8BrNO2S. The molecule has 0 amide bonds. The highest BCUT2D eigenvalue weighted by Crippen LogP contribution is 2.21. The second-order valence-electron chi connectivity index (χ2n) is 3.10. The Morgan fingerprint density at radius 1 is 1.46 bits per heavy atom. The first-order valence-electron chi connectivity index (χ1n) is 3.90. The molecule has 1 aromatic heterocycles. The van der Waals surface area contributed by atoms with Crippen LogP contribution in [-0.4, -0.2) is 19.2 Å². The maximum atomic E-state index is 11.3. The number of aromatic nitrogens is 1. The van der Waals surface area contributed by atoms with Crippen molar-refractivity contribution in [3.8, 4) is 0 Å². The summed E-state index contributed by atoms with van der Waals surface area (Å²) >= 11 is 3.27. The van der Waals surface area contributed by atoms with Gasteiger partial charge in [-0.15, -0.1) is 0 Å². The van der Waals surface area contributed by atoms with Crippen molar-refractivity contribution in [3.05, 3.63) is 28.0 Å². The third kappa shape index (κ3) is 1.91. The summed E-state index contributed by atoms with van der Waals surface area (Å²) in [5.74, 6) is 0.364. The number of rotatable bonds is 0. The van der Waals surface area contributed by atoms with Crippen molar-refractivity contribution in [1.29, 1.82) is 0 Å². The zero-order valence-corrected chi connectivity index (χ0v) is 9.23. The Kier molecular flexibility index (Phi) is 2.15. The molecule has 2 rings (SSSR count). The Morgan fingerprint density at radius 3 is 3.00 bits per heavy atom. The largest absolute Gasteiger partial charge is 0.260 e. The van der Waals surface area contributed by atoms with Crippen molar-refractivity contribution in [3.63, 3.8) is 0 Å². The first-order valence-corrected chi connectivity index (χ1v) is 6.52. The molecule has 0 bridgehead atoms. The molecule has 0 saturated heterocycles. The standard InChI is InChI=1S/C8H8BrNO2S/c9-7-3-6-5-13(11,12)2-1-8(6)10-4-7/h3-4H,1-2,5H2. The van der Waals surface area contributed by atoms with E-state index in [2.05, 4.69) is 20.9 Å². The number of nitrogens with zero attached hydrogens (tertiary/aromatic N) is 1. The van der Waals surface area contributed by atoms with E-state index in [1.165, 1.54) is 0 Å². The van der Waals surface area contributed by atoms with Gasteiger partial charge >= 0.3 is 0 Å². The van der Waals surface area contributed by atoms with Gasteiger partial charge in [0.1, 0.15) is 0 Å². The van der Waals surface area contributed by atoms with E-state index in [-0.39, 0.29) is 11.5 Å². The number of hydrogen-bond donors (Lipinski definition) is 0. The van der Waals surface area contributed by atoms with E-state index in [0.29, 0.717) is 6.42 Å². The first kappa shape index (κ1) is 9.15. The molecule has 0 radical (unpaired) electrons. The molecule has 1 aliphatic rings. The fourth-order valence-electron chi connectivity index (χ4n) is 1.42. The molecule has 1 aliphatic heterocycles. The average Bonchev–Trinajstić information content (AvgIpc) is 2.01. The van der Waals surface area contributed by atoms with Crippen LogP contribution in [0.3, 0.4) is 0 Å². The van der Waals surface area contributed by atoms with Crippen molar-refractivity contribution < 1.29 is 8.42 Å². The average molecular weight is 262 g/mol. The van der Waals surface area contributed by atoms with Gasteiger partial charge in [0, 0.05) is 22.8 Å². The lowest BCUT2D eigenvalue weighted by molar-refractivity contribution is 0.590. The van der Waals surface area contributed by atoms with Gasteiger partial charge < -0.3 is 0 Å². The highest BCUT2D eigenvalue weighted by atomic mass is 79.9. The third-order valence-corrected chi connectivity index (χ3v) is 4.06. The SMILES string of the molecule is O=S1(=O)CCc2ncc(Br)cc2C1. The molecule has 0 unspecified atom stereocenters. The quantitative estimate of drug-likeness (QED) is 0.708. The summed E-state index contributed by atoms with van der Waals surface area (Å²) in [5, 5.41) is 0. The first-order chi connectivity index (χ1) is 6.07. The fourth-order valence-corrected chi connectivity index (χ4v) is 3.17. The number of aryl methyl sites for hydroxylation is 1. The Balaban J connectivity index is 2.50. The van der Waals surface area contributed by atoms with Crippen LogP contribution in [0.15, 0.2) is 16.7 Å². The van der Waals surface area contributed by atoms with Gasteiger partial charge in [0.25, 0.3) is 0 Å². The monoisotopic (exact) mass is 261 g/mol. The summed E-state index contributed by atoms with van der Waals surface area (Å²) in [6.45, 7) is 0.